The van der Waals surface area contributed by atoms with Gasteiger partial charge in [0.25, 0.3) is 0 Å². The van der Waals surface area contributed by atoms with Crippen LogP contribution in [0.3, 0.4) is 0 Å². The summed E-state index contributed by atoms with van der Waals surface area (Å²) < 4.78 is 21.3. The minimum atomic E-state index is -2.86. The third kappa shape index (κ3) is 2.15. The molecule has 1 fully saturated rings. The highest BCUT2D eigenvalue weighted by molar-refractivity contribution is 8.72. The van der Waals surface area contributed by atoms with Gasteiger partial charge >= 0.3 is 0 Å². The zero-order valence-corrected chi connectivity index (χ0v) is 6.41. The molecule has 0 N–H and O–H groups in total. The molecule has 52 valence electrons. The molecule has 0 aromatic rings. The average Bonchev–Trinajstić information content (AvgIpc) is 1.78. The Morgan fingerprint density at radius 3 is 2.56 bits per heavy atom. The minimum absolute atomic E-state index is 0.124. The van der Waals surface area contributed by atoms with Crippen molar-refractivity contribution in [2.75, 3.05) is 11.5 Å². The summed E-state index contributed by atoms with van der Waals surface area (Å²) in [6, 6.07) is -0.418. The van der Waals surface area contributed by atoms with Crippen LogP contribution in [-0.2, 0) is 8.87 Å². The SMILES string of the molecule is [N]C1CCS(=O)(=O)SC1. The molecular weight excluding hydrogens is 158 g/mol. The van der Waals surface area contributed by atoms with Gasteiger partial charge in [0.2, 0.25) is 8.87 Å². The van der Waals surface area contributed by atoms with Crippen LogP contribution in [0.5, 0.6) is 0 Å². The van der Waals surface area contributed by atoms with Crippen LogP contribution < -0.4 is 5.73 Å². The van der Waals surface area contributed by atoms with E-state index in [1.54, 1.807) is 0 Å². The van der Waals surface area contributed by atoms with Crippen molar-refractivity contribution in [2.45, 2.75) is 12.5 Å². The van der Waals surface area contributed by atoms with Gasteiger partial charge in [0, 0.05) is 5.75 Å². The van der Waals surface area contributed by atoms with Crippen LogP contribution >= 0.6 is 10.8 Å². The van der Waals surface area contributed by atoms with E-state index in [4.69, 9.17) is 5.73 Å². The molecule has 1 unspecified atom stereocenters. The second-order valence-corrected chi connectivity index (χ2v) is 6.31. The maximum atomic E-state index is 10.6. The third-order valence-electron chi connectivity index (χ3n) is 1.14. The first-order chi connectivity index (χ1) is 4.10. The third-order valence-corrected chi connectivity index (χ3v) is 4.74. The molecule has 0 aliphatic carbocycles. The van der Waals surface area contributed by atoms with Gasteiger partial charge in [0.05, 0.1) is 11.8 Å². The molecule has 0 spiro atoms. The van der Waals surface area contributed by atoms with Crippen molar-refractivity contribution in [3.63, 3.8) is 0 Å². The van der Waals surface area contributed by atoms with Crippen molar-refractivity contribution in [1.82, 2.24) is 5.73 Å². The van der Waals surface area contributed by atoms with Crippen molar-refractivity contribution in [3.05, 3.63) is 0 Å². The molecule has 2 radical (unpaired) electrons. The van der Waals surface area contributed by atoms with Gasteiger partial charge in [0.15, 0.2) is 0 Å². The number of hydrogen-bond acceptors (Lipinski definition) is 3. The van der Waals surface area contributed by atoms with Gasteiger partial charge in [-0.25, -0.2) is 8.42 Å². The Labute approximate surface area is 58.3 Å². The first-order valence-electron chi connectivity index (χ1n) is 2.65. The normalized spacial score (nSPS) is 34.1. The lowest BCUT2D eigenvalue weighted by Crippen LogP contribution is -2.23. The first-order valence-corrected chi connectivity index (χ1v) is 5.81. The summed E-state index contributed by atoms with van der Waals surface area (Å²) in [7, 11) is -2.01. The van der Waals surface area contributed by atoms with Crippen molar-refractivity contribution in [3.8, 4) is 0 Å². The summed E-state index contributed by atoms with van der Waals surface area (Å²) in [5.41, 5.74) is 8.86. The lowest BCUT2D eigenvalue weighted by molar-refractivity contribution is 0.596. The summed E-state index contributed by atoms with van der Waals surface area (Å²) in [6.07, 6.45) is 0.398. The monoisotopic (exact) mass is 165 g/mol. The van der Waals surface area contributed by atoms with Crippen molar-refractivity contribution in [1.29, 1.82) is 0 Å². The maximum absolute atomic E-state index is 10.6. The van der Waals surface area contributed by atoms with Crippen LogP contribution in [0.25, 0.3) is 0 Å². The standard InChI is InChI=1S/C4H7NO2S2/c5-4-1-2-9(6,7)8-3-4/h4H,1-3H2. The van der Waals surface area contributed by atoms with Gasteiger partial charge in [-0.15, -0.1) is 5.73 Å². The molecule has 0 bridgehead atoms. The molecule has 1 heterocycles. The van der Waals surface area contributed by atoms with Crippen LogP contribution in [0.2, 0.25) is 0 Å². The van der Waals surface area contributed by atoms with Crippen molar-refractivity contribution < 1.29 is 8.42 Å². The Morgan fingerprint density at radius 1 is 1.56 bits per heavy atom. The van der Waals surface area contributed by atoms with Crippen molar-refractivity contribution in [2.24, 2.45) is 0 Å². The Hall–Kier alpha value is 0.260. The Balaban J connectivity index is 2.55. The molecular formula is C4H7NO2S2. The van der Waals surface area contributed by atoms with E-state index in [0.29, 0.717) is 12.2 Å². The fraction of sp³-hybridized carbons (Fsp3) is 1.00. The lowest BCUT2D eigenvalue weighted by atomic mass is 10.3. The molecule has 0 amide bonds. The van der Waals surface area contributed by atoms with E-state index >= 15 is 0 Å². The average molecular weight is 165 g/mol. The lowest BCUT2D eigenvalue weighted by Gasteiger charge is -2.13. The predicted octanol–water partition coefficient (Wildman–Crippen LogP) is -0.110. The highest BCUT2D eigenvalue weighted by Gasteiger charge is 2.22. The number of hydrogen-bond donors (Lipinski definition) is 0. The van der Waals surface area contributed by atoms with E-state index in [1.165, 1.54) is 0 Å². The second kappa shape index (κ2) is 2.48. The summed E-state index contributed by atoms with van der Waals surface area (Å²) >= 11 is 0. The molecule has 1 aliphatic rings. The smallest absolute Gasteiger partial charge is 0.201 e. The molecule has 0 aromatic heterocycles. The van der Waals surface area contributed by atoms with E-state index in [1.807, 2.05) is 0 Å². The zero-order valence-electron chi connectivity index (χ0n) is 4.78. The molecule has 9 heavy (non-hydrogen) atoms. The van der Waals surface area contributed by atoms with Crippen LogP contribution in [0.4, 0.5) is 0 Å². The van der Waals surface area contributed by atoms with Gasteiger partial charge in [0.1, 0.15) is 0 Å². The highest BCUT2D eigenvalue weighted by Crippen LogP contribution is 2.21. The summed E-state index contributed by atoms with van der Waals surface area (Å²) in [4.78, 5) is 0. The van der Waals surface area contributed by atoms with Gasteiger partial charge in [-0.05, 0) is 17.2 Å². The fourth-order valence-electron chi connectivity index (χ4n) is 0.605. The van der Waals surface area contributed by atoms with E-state index in [-0.39, 0.29) is 5.75 Å². The molecule has 0 aromatic carbocycles. The van der Waals surface area contributed by atoms with E-state index in [2.05, 4.69) is 0 Å². The molecule has 1 aliphatic heterocycles. The molecule has 5 heteroatoms. The Bertz CT molecular complexity index is 173. The van der Waals surface area contributed by atoms with Gasteiger partial charge < -0.3 is 0 Å². The second-order valence-electron chi connectivity index (χ2n) is 1.99. The summed E-state index contributed by atoms with van der Waals surface area (Å²) in [5.74, 6) is 0.459. The molecule has 1 rings (SSSR count). The van der Waals surface area contributed by atoms with Gasteiger partial charge in [-0.1, -0.05) is 0 Å². The van der Waals surface area contributed by atoms with Crippen LogP contribution in [0.15, 0.2) is 0 Å². The van der Waals surface area contributed by atoms with Gasteiger partial charge in [-0.2, -0.15) is 0 Å². The quantitative estimate of drug-likeness (QED) is 0.471. The molecule has 1 saturated heterocycles. The fourth-order valence-corrected chi connectivity index (χ4v) is 3.55. The first kappa shape index (κ1) is 7.37. The molecule has 1 atom stereocenters. The topological polar surface area (TPSA) is 56.4 Å². The number of rotatable bonds is 0. The predicted molar refractivity (Wildman–Crippen MR) is 36.8 cm³/mol. The minimum Gasteiger partial charge on any atom is -0.217 e. The number of nitrogens with zero attached hydrogens (tertiary/aromatic N) is 1. The van der Waals surface area contributed by atoms with Crippen LogP contribution in [0, 0.1) is 0 Å². The largest absolute Gasteiger partial charge is 0.217 e. The van der Waals surface area contributed by atoms with Crippen molar-refractivity contribution >= 4 is 19.7 Å². The summed E-state index contributed by atoms with van der Waals surface area (Å²) in [6.45, 7) is 0. The van der Waals surface area contributed by atoms with Crippen LogP contribution in [0.1, 0.15) is 6.42 Å². The highest BCUT2D eigenvalue weighted by atomic mass is 33.1. The summed E-state index contributed by atoms with van der Waals surface area (Å²) in [5, 5.41) is 0. The van der Waals surface area contributed by atoms with E-state index in [9.17, 15) is 8.42 Å². The van der Waals surface area contributed by atoms with E-state index < -0.39 is 14.9 Å². The van der Waals surface area contributed by atoms with Gasteiger partial charge in [-0.3, -0.25) is 0 Å². The zero-order chi connectivity index (χ0) is 6.91. The molecule has 3 nitrogen and oxygen atoms in total. The Kier molecular flexibility index (Phi) is 2.03. The van der Waals surface area contributed by atoms with Crippen LogP contribution in [-0.4, -0.2) is 26.0 Å². The maximum Gasteiger partial charge on any atom is 0.201 e. The molecule has 0 saturated carbocycles. The Morgan fingerprint density at radius 2 is 2.22 bits per heavy atom. The van der Waals surface area contributed by atoms with E-state index in [0.717, 1.165) is 10.8 Å².